The van der Waals surface area contributed by atoms with Gasteiger partial charge in [0, 0.05) is 0 Å². The molecule has 1 nitrogen and oxygen atoms in total. The molecule has 0 aromatic carbocycles. The lowest BCUT2D eigenvalue weighted by Crippen LogP contribution is -2.56. The highest BCUT2D eigenvalue weighted by atomic mass is 14.7. The summed E-state index contributed by atoms with van der Waals surface area (Å²) in [5.41, 5.74) is 6.46. The van der Waals surface area contributed by atoms with E-state index in [-0.39, 0.29) is 0 Å². The fraction of sp³-hybridized carbons (Fsp3) is 1.00. The highest BCUT2D eigenvalue weighted by molar-refractivity contribution is 5.12. The molecule has 2 N–H and O–H groups in total. The van der Waals surface area contributed by atoms with Crippen LogP contribution in [-0.4, -0.2) is 6.54 Å². The molecular formula is C11H19N. The first-order valence-corrected chi connectivity index (χ1v) is 5.46. The Morgan fingerprint density at radius 2 is 2.08 bits per heavy atom. The van der Waals surface area contributed by atoms with Crippen molar-refractivity contribution < 1.29 is 0 Å². The van der Waals surface area contributed by atoms with Crippen LogP contribution in [0, 0.1) is 29.1 Å². The van der Waals surface area contributed by atoms with Crippen molar-refractivity contribution in [1.29, 1.82) is 0 Å². The zero-order valence-corrected chi connectivity index (χ0v) is 7.92. The quantitative estimate of drug-likeness (QED) is 0.632. The Labute approximate surface area is 74.7 Å². The Morgan fingerprint density at radius 3 is 2.83 bits per heavy atom. The lowest BCUT2D eigenvalue weighted by atomic mass is 9.47. The molecule has 4 unspecified atom stereocenters. The third-order valence-corrected chi connectivity index (χ3v) is 5.25. The molecule has 0 saturated heterocycles. The third-order valence-electron chi connectivity index (χ3n) is 5.25. The monoisotopic (exact) mass is 165 g/mol. The van der Waals surface area contributed by atoms with E-state index in [0.717, 1.165) is 30.2 Å². The number of nitrogens with two attached hydrogens (primary N) is 1. The Hall–Kier alpha value is -0.0400. The zero-order chi connectivity index (χ0) is 8.34. The van der Waals surface area contributed by atoms with Gasteiger partial charge in [-0.25, -0.2) is 0 Å². The second-order valence-electron chi connectivity index (χ2n) is 5.50. The van der Waals surface area contributed by atoms with Gasteiger partial charge >= 0.3 is 0 Å². The van der Waals surface area contributed by atoms with Crippen molar-refractivity contribution in [1.82, 2.24) is 0 Å². The van der Waals surface area contributed by atoms with Crippen molar-refractivity contribution in [2.75, 3.05) is 6.54 Å². The molecule has 3 aliphatic rings. The van der Waals surface area contributed by atoms with Gasteiger partial charge in [-0.2, -0.15) is 0 Å². The molecular weight excluding hydrogens is 146 g/mol. The molecule has 2 bridgehead atoms. The summed E-state index contributed by atoms with van der Waals surface area (Å²) in [6, 6.07) is 0. The molecule has 0 radical (unpaired) electrons. The second kappa shape index (κ2) is 2.06. The molecule has 1 heteroatoms. The van der Waals surface area contributed by atoms with Crippen molar-refractivity contribution in [2.45, 2.75) is 32.6 Å². The van der Waals surface area contributed by atoms with E-state index in [0.29, 0.717) is 5.41 Å². The van der Waals surface area contributed by atoms with E-state index in [2.05, 4.69) is 6.92 Å². The van der Waals surface area contributed by atoms with Crippen molar-refractivity contribution >= 4 is 0 Å². The zero-order valence-electron chi connectivity index (χ0n) is 7.92. The van der Waals surface area contributed by atoms with Crippen LogP contribution in [0.5, 0.6) is 0 Å². The minimum Gasteiger partial charge on any atom is -0.330 e. The molecule has 3 aliphatic carbocycles. The second-order valence-corrected chi connectivity index (χ2v) is 5.50. The van der Waals surface area contributed by atoms with Gasteiger partial charge < -0.3 is 5.73 Å². The van der Waals surface area contributed by atoms with E-state index in [1.807, 2.05) is 0 Å². The third kappa shape index (κ3) is 0.618. The predicted molar refractivity (Wildman–Crippen MR) is 49.6 cm³/mol. The summed E-state index contributed by atoms with van der Waals surface area (Å²) in [4.78, 5) is 0. The Bertz CT molecular complexity index is 205. The predicted octanol–water partition coefficient (Wildman–Crippen LogP) is 2.02. The van der Waals surface area contributed by atoms with Gasteiger partial charge in [0.15, 0.2) is 0 Å². The van der Waals surface area contributed by atoms with Gasteiger partial charge in [-0.1, -0.05) is 13.3 Å². The first-order chi connectivity index (χ1) is 5.75. The Kier molecular flexibility index (Phi) is 1.27. The average molecular weight is 165 g/mol. The summed E-state index contributed by atoms with van der Waals surface area (Å²) in [7, 11) is 0. The van der Waals surface area contributed by atoms with Crippen LogP contribution in [0.15, 0.2) is 0 Å². The standard InChI is InChI=1S/C11H19N/c1-11(6-12)9-3-2-7-4-8(9)10(11)5-7/h7-10H,2-6,12H2,1H3/t7?,8-,9?,10?,11?/m0/s1. The number of fused-ring (bicyclic) bond motifs is 1. The van der Waals surface area contributed by atoms with Crippen LogP contribution in [0.1, 0.15) is 32.6 Å². The van der Waals surface area contributed by atoms with Gasteiger partial charge in [0.1, 0.15) is 0 Å². The van der Waals surface area contributed by atoms with Crippen LogP contribution in [0.3, 0.4) is 0 Å². The van der Waals surface area contributed by atoms with Crippen LogP contribution in [-0.2, 0) is 0 Å². The summed E-state index contributed by atoms with van der Waals surface area (Å²) < 4.78 is 0. The van der Waals surface area contributed by atoms with Crippen LogP contribution in [0.2, 0.25) is 0 Å². The van der Waals surface area contributed by atoms with E-state index in [4.69, 9.17) is 5.73 Å². The lowest BCUT2D eigenvalue weighted by molar-refractivity contribution is -0.0899. The maximum Gasteiger partial charge on any atom is -0.00177 e. The van der Waals surface area contributed by atoms with E-state index in [1.54, 1.807) is 6.42 Å². The van der Waals surface area contributed by atoms with Crippen LogP contribution >= 0.6 is 0 Å². The molecule has 5 atom stereocenters. The SMILES string of the molecule is CC1(CN)C2CCC3CC1[C@H]2C3. The number of hydrogen-bond donors (Lipinski definition) is 1. The van der Waals surface area contributed by atoms with Gasteiger partial charge in [-0.05, 0) is 54.9 Å². The molecule has 0 aromatic heterocycles. The molecule has 0 heterocycles. The van der Waals surface area contributed by atoms with E-state index in [1.165, 1.54) is 19.3 Å². The molecule has 3 rings (SSSR count). The van der Waals surface area contributed by atoms with Crippen molar-refractivity contribution in [3.8, 4) is 0 Å². The van der Waals surface area contributed by atoms with Crippen LogP contribution in [0.25, 0.3) is 0 Å². The molecule has 0 aliphatic heterocycles. The lowest BCUT2D eigenvalue weighted by Gasteiger charge is -2.58. The van der Waals surface area contributed by atoms with Crippen LogP contribution < -0.4 is 5.73 Å². The van der Waals surface area contributed by atoms with E-state index < -0.39 is 0 Å². The molecule has 0 amide bonds. The molecule has 0 aromatic rings. The Morgan fingerprint density at radius 1 is 1.25 bits per heavy atom. The number of rotatable bonds is 1. The molecule has 3 fully saturated rings. The minimum absolute atomic E-state index is 0.552. The smallest absolute Gasteiger partial charge is 0.00177 e. The van der Waals surface area contributed by atoms with Crippen LogP contribution in [0.4, 0.5) is 0 Å². The maximum absolute atomic E-state index is 5.91. The van der Waals surface area contributed by atoms with E-state index in [9.17, 15) is 0 Å². The fourth-order valence-electron chi connectivity index (χ4n) is 4.53. The summed E-state index contributed by atoms with van der Waals surface area (Å²) in [6.45, 7) is 3.37. The average Bonchev–Trinajstić information content (AvgIpc) is 2.29. The highest BCUT2D eigenvalue weighted by Crippen LogP contribution is 2.68. The largest absolute Gasteiger partial charge is 0.330 e. The summed E-state index contributed by atoms with van der Waals surface area (Å²) in [5, 5.41) is 0. The summed E-state index contributed by atoms with van der Waals surface area (Å²) in [6.07, 6.45) is 6.05. The highest BCUT2D eigenvalue weighted by Gasteiger charge is 2.63. The van der Waals surface area contributed by atoms with Crippen molar-refractivity contribution in [3.63, 3.8) is 0 Å². The van der Waals surface area contributed by atoms with Crippen molar-refractivity contribution in [2.24, 2.45) is 34.8 Å². The summed E-state index contributed by atoms with van der Waals surface area (Å²) in [5.74, 6) is 4.20. The van der Waals surface area contributed by atoms with Gasteiger partial charge in [-0.15, -0.1) is 0 Å². The molecule has 3 saturated carbocycles. The first kappa shape index (κ1) is 7.37. The molecule has 12 heavy (non-hydrogen) atoms. The Balaban J connectivity index is 1.93. The minimum atomic E-state index is 0.552. The van der Waals surface area contributed by atoms with E-state index >= 15 is 0 Å². The fourth-order valence-corrected chi connectivity index (χ4v) is 4.53. The van der Waals surface area contributed by atoms with Gasteiger partial charge in [0.25, 0.3) is 0 Å². The van der Waals surface area contributed by atoms with Gasteiger partial charge in [0.05, 0.1) is 0 Å². The maximum atomic E-state index is 5.91. The van der Waals surface area contributed by atoms with Crippen molar-refractivity contribution in [3.05, 3.63) is 0 Å². The molecule has 0 spiro atoms. The normalized spacial score (nSPS) is 61.5. The van der Waals surface area contributed by atoms with Gasteiger partial charge in [0.2, 0.25) is 0 Å². The van der Waals surface area contributed by atoms with Gasteiger partial charge in [-0.3, -0.25) is 0 Å². The number of hydrogen-bond acceptors (Lipinski definition) is 1. The summed E-state index contributed by atoms with van der Waals surface area (Å²) >= 11 is 0. The topological polar surface area (TPSA) is 26.0 Å². The molecule has 68 valence electrons. The first-order valence-electron chi connectivity index (χ1n) is 5.46.